The Morgan fingerprint density at radius 3 is 2.84 bits per heavy atom. The first-order valence-corrected chi connectivity index (χ1v) is 5.79. The number of rotatable bonds is 4. The van der Waals surface area contributed by atoms with Crippen molar-refractivity contribution in [1.82, 2.24) is 9.97 Å². The fourth-order valence-electron chi connectivity index (χ4n) is 1.78. The topological polar surface area (TPSA) is 72.3 Å². The molecule has 0 aliphatic rings. The standard InChI is InChI=1S/C14H14N2O3/c1-9-12(14(17)18)8-15-13(16-9)7-10-4-3-5-11(6-10)19-2/h3-6,8H,7H2,1-2H3,(H,17,18). The molecule has 1 heterocycles. The summed E-state index contributed by atoms with van der Waals surface area (Å²) in [6, 6.07) is 7.62. The molecule has 0 spiro atoms. The third-order valence-electron chi connectivity index (χ3n) is 2.76. The average Bonchev–Trinajstić information content (AvgIpc) is 2.38. The number of carbonyl (C=O) groups is 1. The molecule has 0 fully saturated rings. The van der Waals surface area contributed by atoms with Crippen molar-refractivity contribution in [2.45, 2.75) is 13.3 Å². The number of aromatic nitrogens is 2. The Balaban J connectivity index is 2.23. The van der Waals surface area contributed by atoms with Gasteiger partial charge >= 0.3 is 5.97 Å². The van der Waals surface area contributed by atoms with Crippen molar-refractivity contribution in [2.24, 2.45) is 0 Å². The summed E-state index contributed by atoms with van der Waals surface area (Å²) in [5, 5.41) is 8.92. The normalized spacial score (nSPS) is 10.2. The molecule has 1 aromatic carbocycles. The van der Waals surface area contributed by atoms with Crippen LogP contribution in [0.15, 0.2) is 30.5 Å². The monoisotopic (exact) mass is 258 g/mol. The highest BCUT2D eigenvalue weighted by atomic mass is 16.5. The van der Waals surface area contributed by atoms with Gasteiger partial charge in [-0.05, 0) is 24.6 Å². The molecule has 0 atom stereocenters. The SMILES string of the molecule is COc1cccc(Cc2ncc(C(=O)O)c(C)n2)c1. The minimum absolute atomic E-state index is 0.134. The highest BCUT2D eigenvalue weighted by Gasteiger charge is 2.10. The molecule has 0 saturated carbocycles. The van der Waals surface area contributed by atoms with E-state index in [4.69, 9.17) is 9.84 Å². The van der Waals surface area contributed by atoms with Gasteiger partial charge < -0.3 is 9.84 Å². The van der Waals surface area contributed by atoms with Gasteiger partial charge in [0, 0.05) is 12.6 Å². The Hall–Kier alpha value is -2.43. The number of methoxy groups -OCH3 is 1. The summed E-state index contributed by atoms with van der Waals surface area (Å²) >= 11 is 0. The van der Waals surface area contributed by atoms with E-state index in [2.05, 4.69) is 9.97 Å². The molecule has 0 aliphatic carbocycles. The summed E-state index contributed by atoms with van der Waals surface area (Å²) in [5.74, 6) is 0.359. The summed E-state index contributed by atoms with van der Waals surface area (Å²) in [7, 11) is 1.61. The first-order chi connectivity index (χ1) is 9.10. The molecular formula is C14H14N2O3. The third-order valence-corrected chi connectivity index (χ3v) is 2.76. The van der Waals surface area contributed by atoms with Gasteiger partial charge in [0.15, 0.2) is 0 Å². The van der Waals surface area contributed by atoms with Crippen molar-refractivity contribution >= 4 is 5.97 Å². The van der Waals surface area contributed by atoms with Crippen molar-refractivity contribution in [3.05, 3.63) is 53.1 Å². The van der Waals surface area contributed by atoms with Crippen molar-refractivity contribution < 1.29 is 14.6 Å². The second-order valence-electron chi connectivity index (χ2n) is 4.12. The van der Waals surface area contributed by atoms with E-state index in [9.17, 15) is 4.79 Å². The quantitative estimate of drug-likeness (QED) is 0.909. The molecule has 19 heavy (non-hydrogen) atoms. The van der Waals surface area contributed by atoms with Crippen LogP contribution in [-0.4, -0.2) is 28.2 Å². The third kappa shape index (κ3) is 3.07. The molecule has 1 N–H and O–H groups in total. The van der Waals surface area contributed by atoms with Gasteiger partial charge in [0.2, 0.25) is 0 Å². The van der Waals surface area contributed by atoms with Crippen LogP contribution >= 0.6 is 0 Å². The average molecular weight is 258 g/mol. The van der Waals surface area contributed by atoms with E-state index < -0.39 is 5.97 Å². The maximum absolute atomic E-state index is 10.9. The van der Waals surface area contributed by atoms with Crippen LogP contribution in [0.2, 0.25) is 0 Å². The van der Waals surface area contributed by atoms with Gasteiger partial charge in [-0.25, -0.2) is 14.8 Å². The maximum Gasteiger partial charge on any atom is 0.339 e. The van der Waals surface area contributed by atoms with E-state index in [1.54, 1.807) is 14.0 Å². The zero-order chi connectivity index (χ0) is 13.8. The minimum Gasteiger partial charge on any atom is -0.497 e. The molecule has 1 aromatic heterocycles. The molecule has 98 valence electrons. The van der Waals surface area contributed by atoms with Crippen molar-refractivity contribution in [3.63, 3.8) is 0 Å². The molecule has 0 unspecified atom stereocenters. The number of aryl methyl sites for hydroxylation is 1. The number of hydrogen-bond donors (Lipinski definition) is 1. The van der Waals surface area contributed by atoms with Crippen molar-refractivity contribution in [2.75, 3.05) is 7.11 Å². The number of nitrogens with zero attached hydrogens (tertiary/aromatic N) is 2. The summed E-state index contributed by atoms with van der Waals surface area (Å²) in [6.45, 7) is 1.67. The highest BCUT2D eigenvalue weighted by Crippen LogP contribution is 2.15. The molecule has 0 bridgehead atoms. The number of aromatic carboxylic acids is 1. The number of hydrogen-bond acceptors (Lipinski definition) is 4. The van der Waals surface area contributed by atoms with Gasteiger partial charge in [-0.3, -0.25) is 0 Å². The lowest BCUT2D eigenvalue weighted by Crippen LogP contribution is -2.06. The fraction of sp³-hybridized carbons (Fsp3) is 0.214. The van der Waals surface area contributed by atoms with Crippen LogP contribution in [0.1, 0.15) is 27.4 Å². The minimum atomic E-state index is -1.01. The number of carboxylic acid groups (broad SMARTS) is 1. The van der Waals surface area contributed by atoms with Gasteiger partial charge in [0.1, 0.15) is 11.6 Å². The van der Waals surface area contributed by atoms with Crippen LogP contribution in [0, 0.1) is 6.92 Å². The molecule has 0 saturated heterocycles. The zero-order valence-electron chi connectivity index (χ0n) is 10.8. The van der Waals surface area contributed by atoms with Crippen LogP contribution in [-0.2, 0) is 6.42 Å². The molecule has 2 rings (SSSR count). The van der Waals surface area contributed by atoms with Gasteiger partial charge in [0.05, 0.1) is 18.4 Å². The van der Waals surface area contributed by atoms with E-state index in [1.165, 1.54) is 6.20 Å². The molecule has 0 aliphatic heterocycles. The van der Waals surface area contributed by atoms with E-state index in [-0.39, 0.29) is 5.56 Å². The summed E-state index contributed by atoms with van der Waals surface area (Å²) in [6.07, 6.45) is 1.89. The predicted octanol–water partition coefficient (Wildman–Crippen LogP) is 2.08. The van der Waals surface area contributed by atoms with Crippen LogP contribution in [0.3, 0.4) is 0 Å². The van der Waals surface area contributed by atoms with Crippen LogP contribution < -0.4 is 4.74 Å². The van der Waals surface area contributed by atoms with E-state index in [1.807, 2.05) is 24.3 Å². The molecular weight excluding hydrogens is 244 g/mol. The lowest BCUT2D eigenvalue weighted by molar-refractivity contribution is 0.0695. The zero-order valence-corrected chi connectivity index (χ0v) is 10.8. The second-order valence-corrected chi connectivity index (χ2v) is 4.12. The Labute approximate surface area is 110 Å². The number of benzene rings is 1. The largest absolute Gasteiger partial charge is 0.497 e. The Morgan fingerprint density at radius 2 is 2.21 bits per heavy atom. The molecule has 2 aromatic rings. The molecule has 0 amide bonds. The summed E-state index contributed by atoms with van der Waals surface area (Å²) < 4.78 is 5.15. The van der Waals surface area contributed by atoms with Gasteiger partial charge in [0.25, 0.3) is 0 Å². The highest BCUT2D eigenvalue weighted by molar-refractivity contribution is 5.88. The van der Waals surface area contributed by atoms with Crippen LogP contribution in [0.25, 0.3) is 0 Å². The second kappa shape index (κ2) is 5.48. The lowest BCUT2D eigenvalue weighted by atomic mass is 10.1. The fourth-order valence-corrected chi connectivity index (χ4v) is 1.78. The Bertz CT molecular complexity index is 611. The first-order valence-electron chi connectivity index (χ1n) is 5.79. The van der Waals surface area contributed by atoms with E-state index in [0.29, 0.717) is 17.9 Å². The van der Waals surface area contributed by atoms with Crippen LogP contribution in [0.4, 0.5) is 0 Å². The molecule has 0 radical (unpaired) electrons. The molecule has 5 heteroatoms. The predicted molar refractivity (Wildman–Crippen MR) is 69.5 cm³/mol. The van der Waals surface area contributed by atoms with Crippen molar-refractivity contribution in [1.29, 1.82) is 0 Å². The summed E-state index contributed by atoms with van der Waals surface area (Å²) in [4.78, 5) is 19.2. The Kier molecular flexibility index (Phi) is 3.75. The molecule has 5 nitrogen and oxygen atoms in total. The van der Waals surface area contributed by atoms with E-state index in [0.717, 1.165) is 11.3 Å². The number of ether oxygens (including phenoxy) is 1. The Morgan fingerprint density at radius 1 is 1.42 bits per heavy atom. The summed E-state index contributed by atoms with van der Waals surface area (Å²) in [5.41, 5.74) is 1.62. The smallest absolute Gasteiger partial charge is 0.339 e. The van der Waals surface area contributed by atoms with Gasteiger partial charge in [-0.15, -0.1) is 0 Å². The lowest BCUT2D eigenvalue weighted by Gasteiger charge is -2.05. The number of carboxylic acids is 1. The van der Waals surface area contributed by atoms with Crippen LogP contribution in [0.5, 0.6) is 5.75 Å². The first kappa shape index (κ1) is 13.0. The van der Waals surface area contributed by atoms with Gasteiger partial charge in [-0.2, -0.15) is 0 Å². The van der Waals surface area contributed by atoms with Crippen molar-refractivity contribution in [3.8, 4) is 5.75 Å². The van der Waals surface area contributed by atoms with E-state index >= 15 is 0 Å². The maximum atomic E-state index is 10.9. The van der Waals surface area contributed by atoms with Gasteiger partial charge in [-0.1, -0.05) is 12.1 Å².